The summed E-state index contributed by atoms with van der Waals surface area (Å²) in [6.07, 6.45) is 3.25. The van der Waals surface area contributed by atoms with Gasteiger partial charge in [-0.3, -0.25) is 5.10 Å². The molecule has 1 fully saturated rings. The molecule has 0 aliphatic carbocycles. The minimum Gasteiger partial charge on any atom is -0.316 e. The maximum atomic E-state index is 12.5. The fourth-order valence-corrected chi connectivity index (χ4v) is 3.54. The summed E-state index contributed by atoms with van der Waals surface area (Å²) in [5, 5.41) is 10.1. The van der Waals surface area contributed by atoms with Gasteiger partial charge in [-0.2, -0.15) is 16.9 Å². The lowest BCUT2D eigenvalue weighted by Crippen LogP contribution is -2.43. The molecule has 1 aromatic carbocycles. The third-order valence-corrected chi connectivity index (χ3v) is 4.67. The fourth-order valence-electron chi connectivity index (χ4n) is 2.32. The molecule has 1 aliphatic heterocycles. The average molecular weight is 323 g/mol. The first-order valence-electron chi connectivity index (χ1n) is 6.63. The van der Waals surface area contributed by atoms with Crippen molar-refractivity contribution in [2.45, 2.75) is 6.04 Å². The van der Waals surface area contributed by atoms with Crippen molar-refractivity contribution in [1.29, 1.82) is 0 Å². The number of rotatable bonds is 2. The van der Waals surface area contributed by atoms with E-state index in [4.69, 9.17) is 11.6 Å². The van der Waals surface area contributed by atoms with Gasteiger partial charge in [-0.1, -0.05) is 23.7 Å². The molecule has 110 valence electrons. The molecule has 0 unspecified atom stereocenters. The highest BCUT2D eigenvalue weighted by Crippen LogP contribution is 2.30. The number of halogens is 1. The molecule has 0 spiro atoms. The number of anilines is 1. The molecule has 2 N–H and O–H groups in total. The Morgan fingerprint density at radius 1 is 1.43 bits per heavy atom. The molecule has 1 aromatic heterocycles. The second-order valence-electron chi connectivity index (χ2n) is 4.75. The predicted octanol–water partition coefficient (Wildman–Crippen LogP) is 3.39. The van der Waals surface area contributed by atoms with Crippen molar-refractivity contribution in [2.24, 2.45) is 0 Å². The van der Waals surface area contributed by atoms with Gasteiger partial charge < -0.3 is 10.2 Å². The molecule has 2 aromatic rings. The number of hydrogen-bond donors (Lipinski definition) is 2. The van der Waals surface area contributed by atoms with E-state index in [1.807, 2.05) is 40.9 Å². The van der Waals surface area contributed by atoms with Crippen molar-refractivity contribution < 1.29 is 4.79 Å². The number of amides is 2. The Hall–Kier alpha value is -1.66. The van der Waals surface area contributed by atoms with Gasteiger partial charge in [0.2, 0.25) is 0 Å². The molecule has 0 saturated carbocycles. The van der Waals surface area contributed by atoms with E-state index in [0.29, 0.717) is 10.7 Å². The number of thioether (sulfide) groups is 1. The Balaban J connectivity index is 1.77. The highest BCUT2D eigenvalue weighted by Gasteiger charge is 2.28. The molecule has 7 heteroatoms. The lowest BCUT2D eigenvalue weighted by molar-refractivity contribution is 0.196. The number of benzene rings is 1. The van der Waals surface area contributed by atoms with Crippen LogP contribution in [0.4, 0.5) is 10.5 Å². The van der Waals surface area contributed by atoms with Crippen LogP contribution >= 0.6 is 23.4 Å². The molecule has 1 atom stereocenters. The van der Waals surface area contributed by atoms with Gasteiger partial charge in [0, 0.05) is 29.3 Å². The maximum absolute atomic E-state index is 12.5. The summed E-state index contributed by atoms with van der Waals surface area (Å²) in [5.74, 6) is 1.84. The van der Waals surface area contributed by atoms with Crippen LogP contribution in [0.5, 0.6) is 0 Å². The van der Waals surface area contributed by atoms with Crippen molar-refractivity contribution in [2.75, 3.05) is 23.4 Å². The summed E-state index contributed by atoms with van der Waals surface area (Å²) in [7, 11) is 0. The number of nitrogens with zero attached hydrogens (tertiary/aromatic N) is 2. The number of aromatic nitrogens is 2. The molecular weight excluding hydrogens is 308 g/mol. The van der Waals surface area contributed by atoms with Gasteiger partial charge in [-0.25, -0.2) is 4.79 Å². The Kier molecular flexibility index (Phi) is 4.36. The standard InChI is InChI=1S/C14H15ClN4OS/c15-11-3-1-10(2-4-11)13-9-21-6-5-19(13)14(20)18-12-7-16-17-8-12/h1-4,7-8,13H,5-6,9H2,(H,16,17)(H,18,20)/t13-/m0/s1. The molecule has 21 heavy (non-hydrogen) atoms. The van der Waals surface area contributed by atoms with Crippen LogP contribution in [0.25, 0.3) is 0 Å². The number of aromatic amines is 1. The summed E-state index contributed by atoms with van der Waals surface area (Å²) in [6, 6.07) is 7.66. The zero-order valence-electron chi connectivity index (χ0n) is 11.3. The number of hydrogen-bond acceptors (Lipinski definition) is 3. The highest BCUT2D eigenvalue weighted by atomic mass is 35.5. The third kappa shape index (κ3) is 3.33. The van der Waals surface area contributed by atoms with E-state index in [2.05, 4.69) is 15.5 Å². The van der Waals surface area contributed by atoms with Crippen LogP contribution in [0.1, 0.15) is 11.6 Å². The van der Waals surface area contributed by atoms with Crippen LogP contribution in [-0.4, -0.2) is 39.2 Å². The first kappa shape index (κ1) is 14.3. The number of H-pyrrole nitrogens is 1. The molecule has 2 amide bonds. The molecule has 0 radical (unpaired) electrons. The van der Waals surface area contributed by atoms with Crippen LogP contribution < -0.4 is 5.32 Å². The van der Waals surface area contributed by atoms with E-state index in [0.717, 1.165) is 23.6 Å². The van der Waals surface area contributed by atoms with Crippen molar-refractivity contribution in [3.05, 3.63) is 47.2 Å². The number of nitrogens with one attached hydrogen (secondary N) is 2. The van der Waals surface area contributed by atoms with E-state index < -0.39 is 0 Å². The summed E-state index contributed by atoms with van der Waals surface area (Å²) >= 11 is 7.79. The first-order valence-corrected chi connectivity index (χ1v) is 8.17. The molecule has 1 aliphatic rings. The zero-order valence-corrected chi connectivity index (χ0v) is 12.8. The van der Waals surface area contributed by atoms with E-state index in [9.17, 15) is 4.79 Å². The highest BCUT2D eigenvalue weighted by molar-refractivity contribution is 7.99. The Morgan fingerprint density at radius 2 is 2.24 bits per heavy atom. The SMILES string of the molecule is O=C(Nc1cn[nH]c1)N1CCSC[C@H]1c1ccc(Cl)cc1. The number of urea groups is 1. The normalized spacial score (nSPS) is 18.5. The van der Waals surface area contributed by atoms with Gasteiger partial charge in [0.25, 0.3) is 0 Å². The summed E-state index contributed by atoms with van der Waals surface area (Å²) in [4.78, 5) is 14.3. The van der Waals surface area contributed by atoms with Crippen molar-refractivity contribution in [3.8, 4) is 0 Å². The lowest BCUT2D eigenvalue weighted by Gasteiger charge is -2.35. The Morgan fingerprint density at radius 3 is 2.95 bits per heavy atom. The maximum Gasteiger partial charge on any atom is 0.322 e. The van der Waals surface area contributed by atoms with E-state index >= 15 is 0 Å². The zero-order chi connectivity index (χ0) is 14.7. The molecule has 3 rings (SSSR count). The summed E-state index contributed by atoms with van der Waals surface area (Å²) < 4.78 is 0. The van der Waals surface area contributed by atoms with Crippen molar-refractivity contribution >= 4 is 35.1 Å². The van der Waals surface area contributed by atoms with Gasteiger partial charge in [0.1, 0.15) is 0 Å². The third-order valence-electron chi connectivity index (χ3n) is 3.39. The van der Waals surface area contributed by atoms with Crippen LogP contribution in [0.15, 0.2) is 36.7 Å². The lowest BCUT2D eigenvalue weighted by atomic mass is 10.1. The summed E-state index contributed by atoms with van der Waals surface area (Å²) in [5.41, 5.74) is 1.78. The fraction of sp³-hybridized carbons (Fsp3) is 0.286. The minimum absolute atomic E-state index is 0.0629. The van der Waals surface area contributed by atoms with Gasteiger partial charge in [0.15, 0.2) is 0 Å². The second kappa shape index (κ2) is 6.41. The minimum atomic E-state index is -0.100. The largest absolute Gasteiger partial charge is 0.322 e. The van der Waals surface area contributed by atoms with Gasteiger partial charge in [-0.15, -0.1) is 0 Å². The first-order chi connectivity index (χ1) is 10.2. The monoisotopic (exact) mass is 322 g/mol. The van der Waals surface area contributed by atoms with Crippen LogP contribution in [0, 0.1) is 0 Å². The quantitative estimate of drug-likeness (QED) is 0.891. The molecule has 1 saturated heterocycles. The molecular formula is C14H15ClN4OS. The van der Waals surface area contributed by atoms with Crippen LogP contribution in [0.3, 0.4) is 0 Å². The summed E-state index contributed by atoms with van der Waals surface area (Å²) in [6.45, 7) is 0.724. The van der Waals surface area contributed by atoms with E-state index in [1.165, 1.54) is 0 Å². The van der Waals surface area contributed by atoms with Crippen molar-refractivity contribution in [3.63, 3.8) is 0 Å². The number of carbonyl (C=O) groups is 1. The van der Waals surface area contributed by atoms with Crippen molar-refractivity contribution in [1.82, 2.24) is 15.1 Å². The van der Waals surface area contributed by atoms with E-state index in [-0.39, 0.29) is 12.1 Å². The molecule has 2 heterocycles. The predicted molar refractivity (Wildman–Crippen MR) is 85.8 cm³/mol. The van der Waals surface area contributed by atoms with Crippen LogP contribution in [-0.2, 0) is 0 Å². The second-order valence-corrected chi connectivity index (χ2v) is 6.34. The van der Waals surface area contributed by atoms with Gasteiger partial charge >= 0.3 is 6.03 Å². The molecule has 5 nitrogen and oxygen atoms in total. The van der Waals surface area contributed by atoms with Crippen LogP contribution in [0.2, 0.25) is 5.02 Å². The Bertz CT molecular complexity index is 602. The molecule has 0 bridgehead atoms. The Labute approximate surface area is 132 Å². The average Bonchev–Trinajstić information content (AvgIpc) is 3.01. The van der Waals surface area contributed by atoms with E-state index in [1.54, 1.807) is 12.4 Å². The van der Waals surface area contributed by atoms with Gasteiger partial charge in [-0.05, 0) is 17.7 Å². The number of carbonyl (C=O) groups excluding carboxylic acids is 1. The topological polar surface area (TPSA) is 61.0 Å². The smallest absolute Gasteiger partial charge is 0.316 e. The van der Waals surface area contributed by atoms with Gasteiger partial charge in [0.05, 0.1) is 17.9 Å².